The number of amides is 2. The molecule has 4 rings (SSSR count). The van der Waals surface area contributed by atoms with E-state index in [2.05, 4.69) is 15.4 Å². The van der Waals surface area contributed by atoms with Crippen LogP contribution in [0.15, 0.2) is 65.8 Å². The van der Waals surface area contributed by atoms with Crippen LogP contribution in [0.1, 0.15) is 27.4 Å². The SMILES string of the molecule is CN(C)CCCNC(=O)c1cc(NC(=O)c2cc(NS(=O)(=O)c3cccc4c(N(C)C)cccc34)cn2C)cn1C. The van der Waals surface area contributed by atoms with Gasteiger partial charge in [-0.1, -0.05) is 24.3 Å². The van der Waals surface area contributed by atoms with E-state index in [1.165, 1.54) is 6.07 Å². The van der Waals surface area contributed by atoms with E-state index in [0.29, 0.717) is 23.3 Å². The third kappa shape index (κ3) is 6.72. The summed E-state index contributed by atoms with van der Waals surface area (Å²) in [5.41, 5.74) is 2.27. The van der Waals surface area contributed by atoms with E-state index in [1.807, 2.05) is 56.2 Å². The summed E-state index contributed by atoms with van der Waals surface area (Å²) < 4.78 is 32.7. The van der Waals surface area contributed by atoms with Gasteiger partial charge < -0.3 is 29.6 Å². The van der Waals surface area contributed by atoms with Crippen molar-refractivity contribution in [1.82, 2.24) is 19.4 Å². The second-order valence-corrected chi connectivity index (χ2v) is 12.1. The van der Waals surface area contributed by atoms with Crippen LogP contribution in [0.3, 0.4) is 0 Å². The van der Waals surface area contributed by atoms with E-state index in [1.54, 1.807) is 59.9 Å². The number of hydrogen-bond acceptors (Lipinski definition) is 6. The lowest BCUT2D eigenvalue weighted by molar-refractivity contribution is 0.0943. The van der Waals surface area contributed by atoms with Crippen molar-refractivity contribution in [2.24, 2.45) is 14.1 Å². The summed E-state index contributed by atoms with van der Waals surface area (Å²) in [7, 11) is 7.19. The first-order valence-electron chi connectivity index (χ1n) is 13.2. The van der Waals surface area contributed by atoms with Gasteiger partial charge in [0.2, 0.25) is 0 Å². The Morgan fingerprint density at radius 1 is 0.829 bits per heavy atom. The van der Waals surface area contributed by atoms with Crippen LogP contribution in [0.25, 0.3) is 10.8 Å². The summed E-state index contributed by atoms with van der Waals surface area (Å²) in [6.07, 6.45) is 4.02. The van der Waals surface area contributed by atoms with E-state index >= 15 is 0 Å². The Morgan fingerprint density at radius 2 is 1.44 bits per heavy atom. The molecule has 11 nitrogen and oxygen atoms in total. The number of carbonyl (C=O) groups excluding carboxylic acids is 2. The van der Waals surface area contributed by atoms with E-state index in [9.17, 15) is 18.0 Å². The molecular weight excluding hydrogens is 542 g/mol. The van der Waals surface area contributed by atoms with Gasteiger partial charge in [-0.25, -0.2) is 8.42 Å². The predicted octanol–water partition coefficient (Wildman–Crippen LogP) is 3.32. The Bertz CT molecular complexity index is 1690. The van der Waals surface area contributed by atoms with Crippen LogP contribution in [0, 0.1) is 0 Å². The van der Waals surface area contributed by atoms with Crippen LogP contribution in [0.5, 0.6) is 0 Å². The lowest BCUT2D eigenvalue weighted by atomic mass is 10.1. The maximum Gasteiger partial charge on any atom is 0.272 e. The number of sulfonamides is 1. The predicted molar refractivity (Wildman–Crippen MR) is 163 cm³/mol. The summed E-state index contributed by atoms with van der Waals surface area (Å²) >= 11 is 0. The van der Waals surface area contributed by atoms with Gasteiger partial charge in [-0.2, -0.15) is 0 Å². The van der Waals surface area contributed by atoms with Gasteiger partial charge in [-0.15, -0.1) is 0 Å². The normalized spacial score (nSPS) is 11.6. The fourth-order valence-electron chi connectivity index (χ4n) is 4.69. The first-order valence-corrected chi connectivity index (χ1v) is 14.6. The third-order valence-electron chi connectivity index (χ3n) is 6.68. The molecule has 12 heteroatoms. The second-order valence-electron chi connectivity index (χ2n) is 10.4. The molecule has 0 bridgehead atoms. The zero-order chi connectivity index (χ0) is 29.9. The van der Waals surface area contributed by atoms with Crippen LogP contribution in [0.2, 0.25) is 0 Å². The number of anilines is 3. The van der Waals surface area contributed by atoms with Crippen molar-refractivity contribution < 1.29 is 18.0 Å². The molecule has 0 aliphatic carbocycles. The van der Waals surface area contributed by atoms with E-state index < -0.39 is 15.9 Å². The highest BCUT2D eigenvalue weighted by Crippen LogP contribution is 2.31. The van der Waals surface area contributed by atoms with E-state index in [-0.39, 0.29) is 22.2 Å². The van der Waals surface area contributed by atoms with E-state index in [0.717, 1.165) is 24.0 Å². The molecule has 0 unspecified atom stereocenters. The average Bonchev–Trinajstić information content (AvgIpc) is 3.46. The Hall–Kier alpha value is -4.29. The Morgan fingerprint density at radius 3 is 2.12 bits per heavy atom. The van der Waals surface area contributed by atoms with Gasteiger partial charge in [0.15, 0.2) is 0 Å². The van der Waals surface area contributed by atoms with Gasteiger partial charge in [0.1, 0.15) is 11.4 Å². The fraction of sp³-hybridized carbons (Fsp3) is 0.310. The minimum absolute atomic E-state index is 0.144. The summed E-state index contributed by atoms with van der Waals surface area (Å²) in [6, 6.07) is 13.8. The van der Waals surface area contributed by atoms with Crippen molar-refractivity contribution >= 4 is 49.7 Å². The molecule has 0 aliphatic heterocycles. The minimum Gasteiger partial charge on any atom is -0.377 e. The number of rotatable bonds is 11. The molecular formula is C29H37N7O4S. The molecule has 0 saturated carbocycles. The highest BCUT2D eigenvalue weighted by Gasteiger charge is 2.21. The van der Waals surface area contributed by atoms with Crippen LogP contribution in [0.4, 0.5) is 17.1 Å². The Kier molecular flexibility index (Phi) is 8.74. The maximum absolute atomic E-state index is 13.4. The van der Waals surface area contributed by atoms with Gasteiger partial charge >= 0.3 is 0 Å². The van der Waals surface area contributed by atoms with Crippen LogP contribution < -0.4 is 20.3 Å². The molecule has 0 spiro atoms. The maximum atomic E-state index is 13.4. The van der Waals surface area contributed by atoms with Gasteiger partial charge in [0.05, 0.1) is 16.3 Å². The first kappa shape index (κ1) is 29.7. The molecule has 2 heterocycles. The molecule has 2 amide bonds. The minimum atomic E-state index is -3.96. The molecule has 0 atom stereocenters. The molecule has 218 valence electrons. The number of hydrogen-bond donors (Lipinski definition) is 3. The van der Waals surface area contributed by atoms with Crippen molar-refractivity contribution in [3.63, 3.8) is 0 Å². The van der Waals surface area contributed by atoms with Crippen LogP contribution in [-0.2, 0) is 24.1 Å². The van der Waals surface area contributed by atoms with Gasteiger partial charge in [-0.3, -0.25) is 14.3 Å². The van der Waals surface area contributed by atoms with Gasteiger partial charge in [-0.05, 0) is 51.3 Å². The molecule has 4 aromatic rings. The molecule has 0 aliphatic rings. The quantitative estimate of drug-likeness (QED) is 0.235. The second kappa shape index (κ2) is 12.1. The number of nitrogens with one attached hydrogen (secondary N) is 3. The van der Waals surface area contributed by atoms with E-state index in [4.69, 9.17) is 0 Å². The zero-order valence-corrected chi connectivity index (χ0v) is 25.0. The molecule has 0 fully saturated rings. The zero-order valence-electron chi connectivity index (χ0n) is 24.2. The molecule has 2 aromatic heterocycles. The lowest BCUT2D eigenvalue weighted by Gasteiger charge is -2.17. The van der Waals surface area contributed by atoms with Crippen molar-refractivity contribution in [1.29, 1.82) is 0 Å². The molecule has 0 radical (unpaired) electrons. The summed E-state index contributed by atoms with van der Waals surface area (Å²) in [5.74, 6) is -0.671. The van der Waals surface area contributed by atoms with Gasteiger partial charge in [0, 0.05) is 63.6 Å². The topological polar surface area (TPSA) is 121 Å². The number of benzene rings is 2. The van der Waals surface area contributed by atoms with Crippen molar-refractivity contribution in [2.45, 2.75) is 11.3 Å². The lowest BCUT2D eigenvalue weighted by Crippen LogP contribution is -2.28. The number of nitrogens with zero attached hydrogens (tertiary/aromatic N) is 4. The highest BCUT2D eigenvalue weighted by molar-refractivity contribution is 7.93. The fourth-order valence-corrected chi connectivity index (χ4v) is 5.94. The largest absolute Gasteiger partial charge is 0.377 e. The van der Waals surface area contributed by atoms with Crippen molar-refractivity contribution in [3.05, 3.63) is 72.3 Å². The third-order valence-corrected chi connectivity index (χ3v) is 8.12. The number of aryl methyl sites for hydroxylation is 2. The summed E-state index contributed by atoms with van der Waals surface area (Å²) in [5, 5.41) is 7.10. The first-order chi connectivity index (χ1) is 19.4. The number of aromatic nitrogens is 2. The number of fused-ring (bicyclic) bond motifs is 1. The standard InChI is InChI=1S/C29H37N7O4S/c1-33(2)15-9-14-30-28(37)25-16-20(18-35(25)5)31-29(38)26-17-21(19-36(26)6)32-41(39,40)27-13-8-10-22-23(27)11-7-12-24(22)34(3)4/h7-8,10-13,16-19,32H,9,14-15H2,1-6H3,(H,30,37)(H,31,38). The molecule has 0 saturated heterocycles. The average molecular weight is 580 g/mol. The Balaban J connectivity index is 1.49. The van der Waals surface area contributed by atoms with Crippen molar-refractivity contribution in [2.75, 3.05) is 56.2 Å². The summed E-state index contributed by atoms with van der Waals surface area (Å²) in [6.45, 7) is 1.41. The molecule has 41 heavy (non-hydrogen) atoms. The summed E-state index contributed by atoms with van der Waals surface area (Å²) in [4.78, 5) is 29.8. The van der Waals surface area contributed by atoms with Gasteiger partial charge in [0.25, 0.3) is 21.8 Å². The highest BCUT2D eigenvalue weighted by atomic mass is 32.2. The van der Waals surface area contributed by atoms with Crippen LogP contribution >= 0.6 is 0 Å². The molecule has 3 N–H and O–H groups in total. The number of carbonyl (C=O) groups is 2. The monoisotopic (exact) mass is 579 g/mol. The van der Waals surface area contributed by atoms with Crippen LogP contribution in [-0.4, -0.2) is 75.5 Å². The van der Waals surface area contributed by atoms with Crippen molar-refractivity contribution in [3.8, 4) is 0 Å². The molecule has 2 aromatic carbocycles. The Labute approximate surface area is 240 Å². The smallest absolute Gasteiger partial charge is 0.272 e.